The third kappa shape index (κ3) is 4.53. The van der Waals surface area contributed by atoms with Crippen LogP contribution >= 0.6 is 0 Å². The number of nitrogens with zero attached hydrogens (tertiary/aromatic N) is 5. The molecule has 4 aromatic rings. The van der Waals surface area contributed by atoms with E-state index in [0.29, 0.717) is 13.0 Å². The van der Waals surface area contributed by atoms with Gasteiger partial charge in [-0.15, -0.1) is 0 Å². The van der Waals surface area contributed by atoms with Crippen LogP contribution in [0.25, 0.3) is 16.9 Å². The molecule has 7 nitrogen and oxygen atoms in total. The first-order chi connectivity index (χ1) is 16.2. The summed E-state index contributed by atoms with van der Waals surface area (Å²) in [4.78, 5) is 26.2. The van der Waals surface area contributed by atoms with E-state index in [0.717, 1.165) is 48.9 Å². The largest absolute Gasteiger partial charge is 0.369 e. The van der Waals surface area contributed by atoms with Crippen molar-refractivity contribution in [1.29, 1.82) is 0 Å². The molecule has 5 rings (SSSR count). The topological polar surface area (TPSA) is 65.8 Å². The molecule has 2 aromatic carbocycles. The molecule has 2 aromatic heterocycles. The SMILES string of the molecule is Cc1cccc(-c2nc3cnccn3c2NCCC(=O)N2CCN(c3ccccc3)CC2)c1. The van der Waals surface area contributed by atoms with Crippen molar-refractivity contribution in [1.82, 2.24) is 19.3 Å². The summed E-state index contributed by atoms with van der Waals surface area (Å²) >= 11 is 0. The molecule has 1 amide bonds. The van der Waals surface area contributed by atoms with Crippen LogP contribution < -0.4 is 10.2 Å². The van der Waals surface area contributed by atoms with Crippen LogP contribution in [0.1, 0.15) is 12.0 Å². The van der Waals surface area contributed by atoms with Crippen LogP contribution in [-0.4, -0.2) is 57.9 Å². The van der Waals surface area contributed by atoms with E-state index in [1.807, 2.05) is 27.6 Å². The lowest BCUT2D eigenvalue weighted by Gasteiger charge is -2.36. The predicted octanol–water partition coefficient (Wildman–Crippen LogP) is 3.86. The van der Waals surface area contributed by atoms with Crippen molar-refractivity contribution in [3.63, 3.8) is 0 Å². The summed E-state index contributed by atoms with van der Waals surface area (Å²) in [6.07, 6.45) is 5.84. The average molecular weight is 441 g/mol. The maximum Gasteiger partial charge on any atom is 0.224 e. The highest BCUT2D eigenvalue weighted by Gasteiger charge is 2.21. The maximum absolute atomic E-state index is 12.9. The van der Waals surface area contributed by atoms with Crippen LogP contribution in [0.5, 0.6) is 0 Å². The first-order valence-electron chi connectivity index (χ1n) is 11.4. The number of piperazine rings is 1. The second-order valence-electron chi connectivity index (χ2n) is 8.36. The molecule has 7 heteroatoms. The van der Waals surface area contributed by atoms with E-state index < -0.39 is 0 Å². The molecular formula is C26H28N6O. The molecule has 33 heavy (non-hydrogen) atoms. The van der Waals surface area contributed by atoms with Gasteiger partial charge in [0, 0.05) is 62.8 Å². The number of hydrogen-bond acceptors (Lipinski definition) is 5. The molecule has 3 heterocycles. The lowest BCUT2D eigenvalue weighted by Crippen LogP contribution is -2.49. The van der Waals surface area contributed by atoms with Gasteiger partial charge in [-0.3, -0.25) is 14.2 Å². The Morgan fingerprint density at radius 3 is 2.64 bits per heavy atom. The normalized spacial score (nSPS) is 14.0. The molecular weight excluding hydrogens is 412 g/mol. The zero-order valence-electron chi connectivity index (χ0n) is 18.8. The first-order valence-corrected chi connectivity index (χ1v) is 11.4. The molecule has 0 unspecified atom stereocenters. The third-order valence-corrected chi connectivity index (χ3v) is 6.11. The van der Waals surface area contributed by atoms with Gasteiger partial charge in [-0.25, -0.2) is 4.98 Å². The first kappa shape index (κ1) is 21.0. The van der Waals surface area contributed by atoms with E-state index in [1.54, 1.807) is 12.4 Å². The van der Waals surface area contributed by atoms with Gasteiger partial charge in [0.2, 0.25) is 5.91 Å². The van der Waals surface area contributed by atoms with E-state index in [9.17, 15) is 4.79 Å². The highest BCUT2D eigenvalue weighted by atomic mass is 16.2. The fraction of sp³-hybridized carbons (Fsp3) is 0.269. The third-order valence-electron chi connectivity index (χ3n) is 6.11. The molecule has 0 spiro atoms. The van der Waals surface area contributed by atoms with Crippen molar-refractivity contribution in [3.05, 3.63) is 78.8 Å². The fourth-order valence-electron chi connectivity index (χ4n) is 4.37. The van der Waals surface area contributed by atoms with Gasteiger partial charge in [-0.2, -0.15) is 0 Å². The quantitative estimate of drug-likeness (QED) is 0.493. The molecule has 168 valence electrons. The number of amides is 1. The van der Waals surface area contributed by atoms with Crippen molar-refractivity contribution in [3.8, 4) is 11.3 Å². The van der Waals surface area contributed by atoms with Gasteiger partial charge in [-0.05, 0) is 25.1 Å². The standard InChI is InChI=1S/C26H28N6O/c1-20-6-5-7-21(18-20)25-26(32-13-12-27-19-23(32)29-25)28-11-10-24(33)31-16-14-30(15-17-31)22-8-3-2-4-9-22/h2-9,12-13,18-19,28H,10-11,14-17H2,1H3. The minimum atomic E-state index is 0.183. The number of imidazole rings is 1. The minimum absolute atomic E-state index is 0.183. The van der Waals surface area contributed by atoms with Crippen molar-refractivity contribution in [2.24, 2.45) is 0 Å². The highest BCUT2D eigenvalue weighted by molar-refractivity contribution is 5.79. The minimum Gasteiger partial charge on any atom is -0.369 e. The second kappa shape index (κ2) is 9.32. The number of anilines is 2. The molecule has 1 aliphatic rings. The Morgan fingerprint density at radius 2 is 1.85 bits per heavy atom. The highest BCUT2D eigenvalue weighted by Crippen LogP contribution is 2.29. The Labute approximate surface area is 193 Å². The van der Waals surface area contributed by atoms with Gasteiger partial charge < -0.3 is 15.1 Å². The molecule has 0 saturated carbocycles. The molecule has 0 aliphatic carbocycles. The van der Waals surface area contributed by atoms with Crippen LogP contribution in [0.15, 0.2) is 73.2 Å². The van der Waals surface area contributed by atoms with E-state index in [2.05, 4.69) is 64.6 Å². The van der Waals surface area contributed by atoms with Crippen LogP contribution in [-0.2, 0) is 4.79 Å². The Balaban J connectivity index is 1.23. The molecule has 0 atom stereocenters. The van der Waals surface area contributed by atoms with Gasteiger partial charge in [0.25, 0.3) is 0 Å². The number of hydrogen-bond donors (Lipinski definition) is 1. The van der Waals surface area contributed by atoms with Gasteiger partial charge in [0.05, 0.1) is 6.20 Å². The van der Waals surface area contributed by atoms with Crippen molar-refractivity contribution in [2.45, 2.75) is 13.3 Å². The molecule has 0 bridgehead atoms. The predicted molar refractivity (Wildman–Crippen MR) is 132 cm³/mol. The Hall–Kier alpha value is -3.87. The number of carbonyl (C=O) groups is 1. The smallest absolute Gasteiger partial charge is 0.224 e. The zero-order valence-corrected chi connectivity index (χ0v) is 18.8. The Morgan fingerprint density at radius 1 is 1.03 bits per heavy atom. The molecule has 1 N–H and O–H groups in total. The number of benzene rings is 2. The fourth-order valence-corrected chi connectivity index (χ4v) is 4.37. The van der Waals surface area contributed by atoms with E-state index >= 15 is 0 Å². The number of para-hydroxylation sites is 1. The van der Waals surface area contributed by atoms with Gasteiger partial charge >= 0.3 is 0 Å². The summed E-state index contributed by atoms with van der Waals surface area (Å²) in [5.41, 5.74) is 5.09. The van der Waals surface area contributed by atoms with Crippen LogP contribution in [0.3, 0.4) is 0 Å². The molecule has 0 radical (unpaired) electrons. The summed E-state index contributed by atoms with van der Waals surface area (Å²) in [6.45, 7) is 5.85. The number of aryl methyl sites for hydroxylation is 1. The molecule has 1 aliphatic heterocycles. The number of rotatable bonds is 6. The van der Waals surface area contributed by atoms with Crippen molar-refractivity contribution >= 4 is 23.1 Å². The van der Waals surface area contributed by atoms with Gasteiger partial charge in [-0.1, -0.05) is 42.0 Å². The number of aromatic nitrogens is 3. The van der Waals surface area contributed by atoms with Crippen LogP contribution in [0, 0.1) is 6.92 Å². The Bertz CT molecular complexity index is 1240. The summed E-state index contributed by atoms with van der Waals surface area (Å²) in [7, 11) is 0. The van der Waals surface area contributed by atoms with Crippen LogP contribution in [0.2, 0.25) is 0 Å². The second-order valence-corrected chi connectivity index (χ2v) is 8.36. The van der Waals surface area contributed by atoms with E-state index in [-0.39, 0.29) is 5.91 Å². The summed E-state index contributed by atoms with van der Waals surface area (Å²) in [5.74, 6) is 1.07. The van der Waals surface area contributed by atoms with E-state index in [1.165, 1.54) is 11.3 Å². The lowest BCUT2D eigenvalue weighted by molar-refractivity contribution is -0.131. The number of fused-ring (bicyclic) bond motifs is 1. The van der Waals surface area contributed by atoms with Crippen LogP contribution in [0.4, 0.5) is 11.5 Å². The summed E-state index contributed by atoms with van der Waals surface area (Å²) in [5, 5.41) is 3.47. The molecule has 1 saturated heterocycles. The zero-order chi connectivity index (χ0) is 22.6. The molecule has 1 fully saturated rings. The van der Waals surface area contributed by atoms with Gasteiger partial charge in [0.15, 0.2) is 5.65 Å². The van der Waals surface area contributed by atoms with Crippen molar-refractivity contribution in [2.75, 3.05) is 42.9 Å². The maximum atomic E-state index is 12.9. The average Bonchev–Trinajstić information content (AvgIpc) is 3.23. The monoisotopic (exact) mass is 440 g/mol. The Kier molecular flexibility index (Phi) is 5.93. The lowest BCUT2D eigenvalue weighted by atomic mass is 10.1. The number of nitrogens with one attached hydrogen (secondary N) is 1. The van der Waals surface area contributed by atoms with Gasteiger partial charge in [0.1, 0.15) is 11.5 Å². The van der Waals surface area contributed by atoms with E-state index in [4.69, 9.17) is 4.98 Å². The van der Waals surface area contributed by atoms with Crippen molar-refractivity contribution < 1.29 is 4.79 Å². The number of carbonyl (C=O) groups excluding carboxylic acids is 1. The summed E-state index contributed by atoms with van der Waals surface area (Å²) in [6, 6.07) is 18.7. The summed E-state index contributed by atoms with van der Waals surface area (Å²) < 4.78 is 1.99.